The van der Waals surface area contributed by atoms with Crippen LogP contribution in [-0.2, 0) is 4.79 Å². The molecule has 1 atom stereocenters. The number of carbonyl (C=O) groups excluding carboxylic acids is 1. The van der Waals surface area contributed by atoms with Crippen LogP contribution in [0.2, 0.25) is 0 Å². The molecule has 1 unspecified atom stereocenters. The Morgan fingerprint density at radius 2 is 2.25 bits per heavy atom. The molecule has 0 radical (unpaired) electrons. The van der Waals surface area contributed by atoms with E-state index < -0.39 is 0 Å². The molecule has 1 aliphatic rings. The Hall–Kier alpha value is -0.410. The summed E-state index contributed by atoms with van der Waals surface area (Å²) in [6.45, 7) is 6.40. The molecule has 1 rings (SSSR count). The van der Waals surface area contributed by atoms with Crippen molar-refractivity contribution >= 4 is 5.78 Å². The van der Waals surface area contributed by atoms with E-state index >= 15 is 0 Å². The predicted molar refractivity (Wildman–Crippen MR) is 51.0 cm³/mol. The molecule has 1 heterocycles. The van der Waals surface area contributed by atoms with Gasteiger partial charge >= 0.3 is 0 Å². The first-order valence-electron chi connectivity index (χ1n) is 4.57. The first-order valence-corrected chi connectivity index (χ1v) is 4.57. The van der Waals surface area contributed by atoms with E-state index in [4.69, 9.17) is 5.73 Å². The second kappa shape index (κ2) is 7.25. The van der Waals surface area contributed by atoms with Crippen LogP contribution in [-0.4, -0.2) is 25.4 Å². The molecule has 12 heavy (non-hydrogen) atoms. The lowest BCUT2D eigenvalue weighted by Crippen LogP contribution is -2.27. The van der Waals surface area contributed by atoms with Crippen molar-refractivity contribution in [3.05, 3.63) is 0 Å². The number of carbonyl (C=O) groups is 1. The zero-order chi connectivity index (χ0) is 9.40. The molecule has 72 valence electrons. The van der Waals surface area contributed by atoms with E-state index in [9.17, 15) is 4.79 Å². The van der Waals surface area contributed by atoms with Gasteiger partial charge in [-0.1, -0.05) is 6.92 Å². The van der Waals surface area contributed by atoms with Crippen LogP contribution in [0.15, 0.2) is 0 Å². The van der Waals surface area contributed by atoms with Gasteiger partial charge < -0.3 is 11.1 Å². The number of hydrogen-bond donors (Lipinski definition) is 2. The average Bonchev–Trinajstić information content (AvgIpc) is 2.07. The van der Waals surface area contributed by atoms with E-state index in [-0.39, 0.29) is 12.3 Å². The SMILES string of the molecule is CC(=O)CN.CC1CCCNC1. The third-order valence-corrected chi connectivity index (χ3v) is 1.83. The van der Waals surface area contributed by atoms with Crippen molar-refractivity contribution in [2.75, 3.05) is 19.6 Å². The number of hydrogen-bond acceptors (Lipinski definition) is 3. The number of ketones is 1. The standard InChI is InChI=1S/C6H13N.C3H7NO/c1-6-3-2-4-7-5-6;1-3(5)2-4/h6-7H,2-5H2,1H3;2,4H2,1H3. The van der Waals surface area contributed by atoms with Gasteiger partial charge in [-0.15, -0.1) is 0 Å². The zero-order valence-corrected chi connectivity index (χ0v) is 8.10. The molecule has 0 spiro atoms. The van der Waals surface area contributed by atoms with Crippen LogP contribution >= 0.6 is 0 Å². The summed E-state index contributed by atoms with van der Waals surface area (Å²) in [5, 5.41) is 3.33. The van der Waals surface area contributed by atoms with Crippen LogP contribution in [0.4, 0.5) is 0 Å². The van der Waals surface area contributed by atoms with Gasteiger partial charge in [-0.2, -0.15) is 0 Å². The smallest absolute Gasteiger partial charge is 0.143 e. The van der Waals surface area contributed by atoms with Gasteiger partial charge in [0.15, 0.2) is 0 Å². The minimum atomic E-state index is 0.0324. The van der Waals surface area contributed by atoms with Gasteiger partial charge in [-0.3, -0.25) is 4.79 Å². The van der Waals surface area contributed by atoms with Crippen molar-refractivity contribution < 1.29 is 4.79 Å². The molecule has 0 aromatic carbocycles. The fourth-order valence-corrected chi connectivity index (χ4v) is 1.03. The summed E-state index contributed by atoms with van der Waals surface area (Å²) in [7, 11) is 0. The highest BCUT2D eigenvalue weighted by molar-refractivity contribution is 5.77. The van der Waals surface area contributed by atoms with E-state index in [1.165, 1.54) is 32.9 Å². The molecule has 0 saturated carbocycles. The third-order valence-electron chi connectivity index (χ3n) is 1.83. The maximum atomic E-state index is 9.69. The third kappa shape index (κ3) is 7.69. The lowest BCUT2D eigenvalue weighted by atomic mass is 10.0. The molecule has 0 amide bonds. The Balaban J connectivity index is 0.000000217. The Bertz CT molecular complexity index is 120. The van der Waals surface area contributed by atoms with E-state index in [0.717, 1.165) is 5.92 Å². The first kappa shape index (κ1) is 11.6. The molecule has 3 heteroatoms. The number of piperidine rings is 1. The second-order valence-electron chi connectivity index (χ2n) is 3.36. The van der Waals surface area contributed by atoms with Crippen LogP contribution in [0.3, 0.4) is 0 Å². The first-order chi connectivity index (χ1) is 5.66. The lowest BCUT2D eigenvalue weighted by molar-refractivity contribution is -0.115. The van der Waals surface area contributed by atoms with Crippen LogP contribution < -0.4 is 11.1 Å². The number of Topliss-reactive ketones (excluding diaryl/α,β-unsaturated/α-hetero) is 1. The quantitative estimate of drug-likeness (QED) is 0.607. The molecular weight excluding hydrogens is 152 g/mol. The number of nitrogens with two attached hydrogens (primary N) is 1. The highest BCUT2D eigenvalue weighted by Gasteiger charge is 2.04. The maximum absolute atomic E-state index is 9.69. The Morgan fingerprint density at radius 3 is 2.42 bits per heavy atom. The van der Waals surface area contributed by atoms with E-state index in [2.05, 4.69) is 12.2 Å². The van der Waals surface area contributed by atoms with E-state index in [1.54, 1.807) is 0 Å². The van der Waals surface area contributed by atoms with Gasteiger partial charge in [0, 0.05) is 0 Å². The van der Waals surface area contributed by atoms with Gasteiger partial charge in [-0.05, 0) is 38.8 Å². The topological polar surface area (TPSA) is 55.1 Å². The summed E-state index contributed by atoms with van der Waals surface area (Å²) in [5.74, 6) is 0.957. The highest BCUT2D eigenvalue weighted by atomic mass is 16.1. The van der Waals surface area contributed by atoms with Gasteiger partial charge in [-0.25, -0.2) is 0 Å². The number of rotatable bonds is 1. The zero-order valence-electron chi connectivity index (χ0n) is 8.10. The Labute approximate surface area is 74.7 Å². The molecule has 1 aliphatic heterocycles. The second-order valence-corrected chi connectivity index (χ2v) is 3.36. The fraction of sp³-hybridized carbons (Fsp3) is 0.889. The van der Waals surface area contributed by atoms with Gasteiger partial charge in [0.25, 0.3) is 0 Å². The van der Waals surface area contributed by atoms with Gasteiger partial charge in [0.1, 0.15) is 5.78 Å². The van der Waals surface area contributed by atoms with Crippen LogP contribution in [0.1, 0.15) is 26.7 Å². The van der Waals surface area contributed by atoms with E-state index in [1.807, 2.05) is 0 Å². The van der Waals surface area contributed by atoms with E-state index in [0.29, 0.717) is 0 Å². The predicted octanol–water partition coefficient (Wildman–Crippen LogP) is 0.540. The normalized spacial score (nSPS) is 22.4. The highest BCUT2D eigenvalue weighted by Crippen LogP contribution is 2.06. The Kier molecular flexibility index (Phi) is 7.00. The van der Waals surface area contributed by atoms with Crippen molar-refractivity contribution in [1.82, 2.24) is 5.32 Å². The maximum Gasteiger partial charge on any atom is 0.143 e. The summed E-state index contributed by atoms with van der Waals surface area (Å²) in [6.07, 6.45) is 2.80. The monoisotopic (exact) mass is 172 g/mol. The summed E-state index contributed by atoms with van der Waals surface area (Å²) in [4.78, 5) is 9.69. The molecule has 0 bridgehead atoms. The molecule has 0 aromatic heterocycles. The molecule has 3 nitrogen and oxygen atoms in total. The van der Waals surface area contributed by atoms with Crippen molar-refractivity contribution in [2.24, 2.45) is 11.7 Å². The molecule has 1 saturated heterocycles. The summed E-state index contributed by atoms with van der Waals surface area (Å²) in [6, 6.07) is 0. The summed E-state index contributed by atoms with van der Waals surface area (Å²) >= 11 is 0. The average molecular weight is 172 g/mol. The van der Waals surface area contributed by atoms with Crippen LogP contribution in [0, 0.1) is 5.92 Å². The molecule has 0 aromatic rings. The van der Waals surface area contributed by atoms with Crippen molar-refractivity contribution in [2.45, 2.75) is 26.7 Å². The van der Waals surface area contributed by atoms with Crippen molar-refractivity contribution in [3.8, 4) is 0 Å². The summed E-state index contributed by atoms with van der Waals surface area (Å²) < 4.78 is 0. The number of nitrogens with one attached hydrogen (secondary N) is 1. The minimum absolute atomic E-state index is 0.0324. The minimum Gasteiger partial charge on any atom is -0.324 e. The van der Waals surface area contributed by atoms with Crippen molar-refractivity contribution in [3.63, 3.8) is 0 Å². The largest absolute Gasteiger partial charge is 0.324 e. The van der Waals surface area contributed by atoms with Crippen LogP contribution in [0.25, 0.3) is 0 Å². The molecular formula is C9H20N2O. The van der Waals surface area contributed by atoms with Gasteiger partial charge in [0.05, 0.1) is 6.54 Å². The van der Waals surface area contributed by atoms with Gasteiger partial charge in [0.2, 0.25) is 0 Å². The lowest BCUT2D eigenvalue weighted by Gasteiger charge is -2.17. The molecule has 3 N–H and O–H groups in total. The van der Waals surface area contributed by atoms with Crippen molar-refractivity contribution in [1.29, 1.82) is 0 Å². The molecule has 1 fully saturated rings. The fourth-order valence-electron chi connectivity index (χ4n) is 1.03. The van der Waals surface area contributed by atoms with Crippen LogP contribution in [0.5, 0.6) is 0 Å². The Morgan fingerprint density at radius 1 is 1.67 bits per heavy atom. The summed E-state index contributed by atoms with van der Waals surface area (Å²) in [5.41, 5.74) is 4.82. The molecule has 0 aliphatic carbocycles.